The van der Waals surface area contributed by atoms with Gasteiger partial charge in [0, 0.05) is 31.4 Å². The SMILES string of the molecule is O=S(=O)(c1cc(F)ccc1Cl)N1CCC(c2ncccn2)C1. The molecule has 0 N–H and O–H groups in total. The van der Waals surface area contributed by atoms with Crippen LogP contribution in [0.4, 0.5) is 4.39 Å². The van der Waals surface area contributed by atoms with Gasteiger partial charge in [0.05, 0.1) is 5.02 Å². The minimum atomic E-state index is -3.83. The van der Waals surface area contributed by atoms with Crippen LogP contribution in [0.3, 0.4) is 0 Å². The summed E-state index contributed by atoms with van der Waals surface area (Å²) in [6.07, 6.45) is 3.88. The van der Waals surface area contributed by atoms with Crippen molar-refractivity contribution in [2.45, 2.75) is 17.2 Å². The second-order valence-electron chi connectivity index (χ2n) is 5.03. The van der Waals surface area contributed by atoms with Crippen molar-refractivity contribution in [3.05, 3.63) is 53.3 Å². The van der Waals surface area contributed by atoms with Crippen molar-refractivity contribution in [3.8, 4) is 0 Å². The summed E-state index contributed by atoms with van der Waals surface area (Å²) < 4.78 is 39.9. The fraction of sp³-hybridized carbons (Fsp3) is 0.286. The predicted molar refractivity (Wildman–Crippen MR) is 79.6 cm³/mol. The van der Waals surface area contributed by atoms with Crippen molar-refractivity contribution < 1.29 is 12.8 Å². The van der Waals surface area contributed by atoms with Crippen LogP contribution in [0.15, 0.2) is 41.6 Å². The van der Waals surface area contributed by atoms with Gasteiger partial charge in [0.15, 0.2) is 0 Å². The third-order valence-corrected chi connectivity index (χ3v) is 5.96. The Morgan fingerprint density at radius 1 is 1.27 bits per heavy atom. The first-order valence-corrected chi connectivity index (χ1v) is 8.52. The van der Waals surface area contributed by atoms with Gasteiger partial charge in [-0.1, -0.05) is 11.6 Å². The van der Waals surface area contributed by atoms with E-state index in [4.69, 9.17) is 11.6 Å². The van der Waals surface area contributed by atoms with Gasteiger partial charge in [0.2, 0.25) is 10.0 Å². The highest BCUT2D eigenvalue weighted by Crippen LogP contribution is 2.32. The summed E-state index contributed by atoms with van der Waals surface area (Å²) in [5.74, 6) is -0.0843. The van der Waals surface area contributed by atoms with Gasteiger partial charge in [-0.25, -0.2) is 22.8 Å². The molecule has 8 heteroatoms. The fourth-order valence-corrected chi connectivity index (χ4v) is 4.48. The number of sulfonamides is 1. The summed E-state index contributed by atoms with van der Waals surface area (Å²) in [6.45, 7) is 0.595. The summed E-state index contributed by atoms with van der Waals surface area (Å²) in [6, 6.07) is 5.03. The van der Waals surface area contributed by atoms with E-state index in [0.717, 1.165) is 12.1 Å². The zero-order valence-electron chi connectivity index (χ0n) is 11.5. The van der Waals surface area contributed by atoms with E-state index in [1.807, 2.05) is 0 Å². The van der Waals surface area contributed by atoms with Crippen LogP contribution in [0.2, 0.25) is 5.02 Å². The van der Waals surface area contributed by atoms with Gasteiger partial charge in [-0.3, -0.25) is 0 Å². The van der Waals surface area contributed by atoms with E-state index in [1.165, 1.54) is 10.4 Å². The van der Waals surface area contributed by atoms with Gasteiger partial charge in [-0.2, -0.15) is 4.31 Å². The quantitative estimate of drug-likeness (QED) is 0.860. The van der Waals surface area contributed by atoms with Crippen molar-refractivity contribution in [2.24, 2.45) is 0 Å². The molecule has 1 aromatic heterocycles. The number of nitrogens with zero attached hydrogens (tertiary/aromatic N) is 3. The molecular formula is C14H13ClFN3O2S. The number of benzene rings is 1. The van der Waals surface area contributed by atoms with E-state index in [1.54, 1.807) is 18.5 Å². The van der Waals surface area contributed by atoms with Crippen LogP contribution in [-0.2, 0) is 10.0 Å². The van der Waals surface area contributed by atoms with Crippen LogP contribution in [0.5, 0.6) is 0 Å². The highest BCUT2D eigenvalue weighted by Gasteiger charge is 2.35. The summed E-state index contributed by atoms with van der Waals surface area (Å²) >= 11 is 5.92. The van der Waals surface area contributed by atoms with Crippen molar-refractivity contribution in [3.63, 3.8) is 0 Å². The molecule has 1 atom stereocenters. The molecule has 0 spiro atoms. The molecule has 116 valence electrons. The molecule has 3 rings (SSSR count). The molecule has 0 bridgehead atoms. The first kappa shape index (κ1) is 15.3. The molecule has 1 saturated heterocycles. The van der Waals surface area contributed by atoms with Gasteiger partial charge in [0.1, 0.15) is 16.5 Å². The van der Waals surface area contributed by atoms with Gasteiger partial charge >= 0.3 is 0 Å². The second-order valence-corrected chi connectivity index (χ2v) is 7.34. The van der Waals surface area contributed by atoms with E-state index >= 15 is 0 Å². The molecule has 1 aromatic carbocycles. The molecule has 1 unspecified atom stereocenters. The Hall–Kier alpha value is -1.57. The number of rotatable bonds is 3. The normalized spacial score (nSPS) is 19.5. The highest BCUT2D eigenvalue weighted by molar-refractivity contribution is 7.89. The number of halogens is 2. The zero-order chi connectivity index (χ0) is 15.7. The molecule has 1 aliphatic heterocycles. The molecule has 0 saturated carbocycles. The van der Waals surface area contributed by atoms with Gasteiger partial charge in [-0.05, 0) is 30.7 Å². The molecular weight excluding hydrogens is 329 g/mol. The minimum Gasteiger partial charge on any atom is -0.241 e. The van der Waals surface area contributed by atoms with Gasteiger partial charge in [-0.15, -0.1) is 0 Å². The number of hydrogen-bond acceptors (Lipinski definition) is 4. The topological polar surface area (TPSA) is 63.2 Å². The van der Waals surface area contributed by atoms with Crippen LogP contribution >= 0.6 is 11.6 Å². The molecule has 0 radical (unpaired) electrons. The Kier molecular flexibility index (Phi) is 4.12. The van der Waals surface area contributed by atoms with Crippen LogP contribution in [0, 0.1) is 5.82 Å². The third-order valence-electron chi connectivity index (χ3n) is 3.61. The van der Waals surface area contributed by atoms with Crippen molar-refractivity contribution in [1.29, 1.82) is 0 Å². The van der Waals surface area contributed by atoms with Crippen molar-refractivity contribution >= 4 is 21.6 Å². The van der Waals surface area contributed by atoms with Gasteiger partial charge in [0.25, 0.3) is 0 Å². The first-order chi connectivity index (χ1) is 10.5. The lowest BCUT2D eigenvalue weighted by atomic mass is 10.1. The lowest BCUT2D eigenvalue weighted by molar-refractivity contribution is 0.470. The summed E-state index contributed by atoms with van der Waals surface area (Å²) in [5.41, 5.74) is 0. The van der Waals surface area contributed by atoms with Crippen molar-refractivity contribution in [2.75, 3.05) is 13.1 Å². The van der Waals surface area contributed by atoms with E-state index in [0.29, 0.717) is 18.8 Å². The molecule has 0 aliphatic carbocycles. The Balaban J connectivity index is 1.87. The van der Waals surface area contributed by atoms with E-state index in [2.05, 4.69) is 9.97 Å². The fourth-order valence-electron chi connectivity index (χ4n) is 2.49. The Bertz CT molecular complexity index is 786. The lowest BCUT2D eigenvalue weighted by Gasteiger charge is -2.17. The molecule has 22 heavy (non-hydrogen) atoms. The monoisotopic (exact) mass is 341 g/mol. The van der Waals surface area contributed by atoms with E-state index < -0.39 is 15.8 Å². The van der Waals surface area contributed by atoms with Crippen LogP contribution in [0.25, 0.3) is 0 Å². The largest absolute Gasteiger partial charge is 0.244 e. The highest BCUT2D eigenvalue weighted by atomic mass is 35.5. The maximum atomic E-state index is 13.3. The average Bonchev–Trinajstić information content (AvgIpc) is 3.01. The lowest BCUT2D eigenvalue weighted by Crippen LogP contribution is -2.29. The molecule has 5 nitrogen and oxygen atoms in total. The Labute approximate surface area is 132 Å². The molecule has 1 fully saturated rings. The maximum Gasteiger partial charge on any atom is 0.244 e. The summed E-state index contributed by atoms with van der Waals surface area (Å²) in [5, 5.41) is 0.0146. The Morgan fingerprint density at radius 2 is 2.00 bits per heavy atom. The molecule has 2 aromatic rings. The summed E-state index contributed by atoms with van der Waals surface area (Å²) in [4.78, 5) is 8.12. The van der Waals surface area contributed by atoms with Crippen LogP contribution in [0.1, 0.15) is 18.2 Å². The van der Waals surface area contributed by atoms with Gasteiger partial charge < -0.3 is 0 Å². The molecule has 1 aliphatic rings. The number of aromatic nitrogens is 2. The maximum absolute atomic E-state index is 13.3. The third kappa shape index (κ3) is 2.84. The van der Waals surface area contributed by atoms with E-state index in [-0.39, 0.29) is 22.4 Å². The van der Waals surface area contributed by atoms with E-state index in [9.17, 15) is 12.8 Å². The molecule has 0 amide bonds. The predicted octanol–water partition coefficient (Wildman–Crippen LogP) is 2.45. The standard InChI is InChI=1S/C14H13ClFN3O2S/c15-12-3-2-11(16)8-13(12)22(20,21)19-7-4-10(9-19)14-17-5-1-6-18-14/h1-3,5-6,8,10H,4,7,9H2. The smallest absolute Gasteiger partial charge is 0.241 e. The first-order valence-electron chi connectivity index (χ1n) is 6.70. The Morgan fingerprint density at radius 3 is 2.73 bits per heavy atom. The number of hydrogen-bond donors (Lipinski definition) is 0. The van der Waals surface area contributed by atoms with Crippen LogP contribution < -0.4 is 0 Å². The second kappa shape index (κ2) is 5.91. The summed E-state index contributed by atoms with van der Waals surface area (Å²) in [7, 11) is -3.83. The minimum absolute atomic E-state index is 0.0146. The van der Waals surface area contributed by atoms with Crippen molar-refractivity contribution in [1.82, 2.24) is 14.3 Å². The van der Waals surface area contributed by atoms with Crippen LogP contribution in [-0.4, -0.2) is 35.8 Å². The zero-order valence-corrected chi connectivity index (χ0v) is 13.1. The average molecular weight is 342 g/mol. The molecule has 2 heterocycles.